The maximum atomic E-state index is 10.9. The summed E-state index contributed by atoms with van der Waals surface area (Å²) in [5.41, 5.74) is 0. The molecule has 19 heavy (non-hydrogen) atoms. The van der Waals surface area contributed by atoms with Crippen molar-refractivity contribution in [1.29, 1.82) is 0 Å². The molecule has 0 aliphatic rings. The molecule has 0 fully saturated rings. The van der Waals surface area contributed by atoms with E-state index in [1.54, 1.807) is 0 Å². The Bertz CT molecular complexity index is 409. The summed E-state index contributed by atoms with van der Waals surface area (Å²) in [7, 11) is -10.3. The van der Waals surface area contributed by atoms with Gasteiger partial charge >= 0.3 is 33.2 Å². The molecule has 0 radical (unpaired) electrons. The van der Waals surface area contributed by atoms with Gasteiger partial charge in [-0.3, -0.25) is 9.11 Å². The molecule has 0 aromatic carbocycles. The van der Waals surface area contributed by atoms with Crippen LogP contribution in [-0.4, -0.2) is 38.5 Å². The summed E-state index contributed by atoms with van der Waals surface area (Å²) in [4.78, 5) is 0. The average molecular weight is 396 g/mol. The van der Waals surface area contributed by atoms with E-state index in [2.05, 4.69) is 0 Å². The number of hydrogen-bond donors (Lipinski definition) is 4. The summed E-state index contributed by atoms with van der Waals surface area (Å²) in [6.45, 7) is 0. The topological polar surface area (TPSA) is 133 Å². The molecule has 8 nitrogen and oxygen atoms in total. The van der Waals surface area contributed by atoms with Crippen molar-refractivity contribution in [1.82, 2.24) is 9.44 Å². The Balaban J connectivity index is -0.000000256. The van der Waals surface area contributed by atoms with E-state index in [0.717, 1.165) is 0 Å². The maximum absolute atomic E-state index is 10.9. The van der Waals surface area contributed by atoms with Gasteiger partial charge in [0.2, 0.25) is 0 Å². The van der Waals surface area contributed by atoms with Gasteiger partial charge in [0.1, 0.15) is 0 Å². The fourth-order valence-corrected chi connectivity index (χ4v) is 0.877. The van der Waals surface area contributed by atoms with Crippen LogP contribution in [-0.2, 0) is 40.1 Å². The first-order valence-electron chi connectivity index (χ1n) is 3.07. The fraction of sp³-hybridized carbons (Fsp3) is 1.00. The van der Waals surface area contributed by atoms with Crippen LogP contribution < -0.4 is 9.44 Å². The largest absolute Gasteiger partial charge is 0.472 e. The molecule has 0 aliphatic heterocycles. The Hall–Kier alpha value is -0.0566. The number of hydrogen-bond acceptors (Lipinski definition) is 4. The third kappa shape index (κ3) is 32.0. The van der Waals surface area contributed by atoms with Crippen LogP contribution in [0.2, 0.25) is 0 Å². The van der Waals surface area contributed by atoms with Gasteiger partial charge in [-0.15, -0.1) is 0 Å². The van der Waals surface area contributed by atoms with Gasteiger partial charge in [0.25, 0.3) is 0 Å². The molecule has 0 saturated heterocycles. The Morgan fingerprint density at radius 1 is 0.684 bits per heavy atom. The van der Waals surface area contributed by atoms with Crippen LogP contribution in [0.4, 0.5) is 26.3 Å². The predicted molar refractivity (Wildman–Crippen MR) is 41.5 cm³/mol. The second-order valence-electron chi connectivity index (χ2n) is 2.15. The normalized spacial score (nSPS) is 13.1. The molecule has 0 aliphatic carbocycles. The number of rotatable bonds is 2. The Labute approximate surface area is 115 Å². The van der Waals surface area contributed by atoms with Gasteiger partial charge in [0, 0.05) is 19.5 Å². The van der Waals surface area contributed by atoms with Crippen LogP contribution in [0.25, 0.3) is 0 Å². The second-order valence-corrected chi connectivity index (χ2v) is 4.46. The zero-order chi connectivity index (χ0) is 15.4. The van der Waals surface area contributed by atoms with E-state index in [1.165, 1.54) is 0 Å². The molecule has 0 heterocycles. The van der Waals surface area contributed by atoms with E-state index in [9.17, 15) is 43.2 Å². The summed E-state index contributed by atoms with van der Waals surface area (Å²) in [5, 5.41) is 0. The summed E-state index contributed by atoms with van der Waals surface area (Å²) >= 11 is 0. The van der Waals surface area contributed by atoms with E-state index in [0.29, 0.717) is 0 Å². The third-order valence-electron chi connectivity index (χ3n) is 0.489. The minimum Gasteiger partial charge on any atom is -0.273 e. The van der Waals surface area contributed by atoms with Crippen LogP contribution in [0.5, 0.6) is 0 Å². The molecule has 17 heteroatoms. The van der Waals surface area contributed by atoms with E-state index in [1.807, 2.05) is 0 Å². The van der Waals surface area contributed by atoms with Crippen molar-refractivity contribution in [2.24, 2.45) is 0 Å². The van der Waals surface area contributed by atoms with Crippen molar-refractivity contribution in [3.05, 3.63) is 0 Å². The smallest absolute Gasteiger partial charge is 0.273 e. The minimum absolute atomic E-state index is 0. The van der Waals surface area contributed by atoms with Crippen molar-refractivity contribution >= 4 is 20.6 Å². The van der Waals surface area contributed by atoms with E-state index >= 15 is 0 Å². The molecular weight excluding hydrogens is 392 g/mol. The Kier molecular flexibility index (Phi) is 9.67. The van der Waals surface area contributed by atoms with Crippen LogP contribution in [0.15, 0.2) is 0 Å². The zero-order valence-electron chi connectivity index (χ0n) is 8.32. The van der Waals surface area contributed by atoms with Crippen LogP contribution in [0, 0.1) is 0 Å². The van der Waals surface area contributed by atoms with Gasteiger partial charge in [-0.1, -0.05) is 9.44 Å². The number of halogens is 6. The first-order valence-corrected chi connectivity index (χ1v) is 5.95. The molecule has 0 amide bonds. The van der Waals surface area contributed by atoms with Gasteiger partial charge in [-0.2, -0.15) is 43.2 Å². The van der Waals surface area contributed by atoms with Crippen molar-refractivity contribution in [3.63, 3.8) is 0 Å². The first kappa shape index (κ1) is 24.0. The molecule has 0 rings (SSSR count). The Morgan fingerprint density at radius 3 is 0.842 bits per heavy atom. The van der Waals surface area contributed by atoms with Crippen LogP contribution in [0.3, 0.4) is 0 Å². The van der Waals surface area contributed by atoms with Gasteiger partial charge < -0.3 is 0 Å². The SMILES string of the molecule is O=S(=O)(O)NC(F)(F)F.O=S(=O)(O)NC(F)(F)F.[Zn]. The molecule has 114 valence electrons. The number of nitrogens with one attached hydrogen (secondary N) is 2. The zero-order valence-corrected chi connectivity index (χ0v) is 12.9. The molecule has 0 aromatic rings. The van der Waals surface area contributed by atoms with E-state index < -0.39 is 33.2 Å². The fourth-order valence-electron chi connectivity index (χ4n) is 0.292. The van der Waals surface area contributed by atoms with E-state index in [-0.39, 0.29) is 28.9 Å². The van der Waals surface area contributed by atoms with Crippen molar-refractivity contribution in [3.8, 4) is 0 Å². The number of alkyl halides is 6. The van der Waals surface area contributed by atoms with Gasteiger partial charge in [-0.05, 0) is 0 Å². The molecule has 0 saturated carbocycles. The predicted octanol–water partition coefficient (Wildman–Crippen LogP) is -0.205. The molecule has 0 spiro atoms. The summed E-state index contributed by atoms with van der Waals surface area (Å²) in [6.07, 6.45) is -10.2. The van der Waals surface area contributed by atoms with Gasteiger partial charge in [-0.25, -0.2) is 0 Å². The molecule has 0 aromatic heterocycles. The minimum atomic E-state index is -5.16. The maximum Gasteiger partial charge on any atom is 0.472 e. The van der Waals surface area contributed by atoms with Crippen LogP contribution in [0.1, 0.15) is 0 Å². The van der Waals surface area contributed by atoms with Crippen molar-refractivity contribution < 1.29 is 71.8 Å². The monoisotopic (exact) mass is 394 g/mol. The van der Waals surface area contributed by atoms with Crippen molar-refractivity contribution in [2.75, 3.05) is 0 Å². The standard InChI is InChI=1S/2CH2F3NO3S.Zn/c2*2-1(3,4)5-9(6,7)8;/h2*5H,(H,6,7,8);. The molecule has 4 N–H and O–H groups in total. The van der Waals surface area contributed by atoms with E-state index in [4.69, 9.17) is 9.11 Å². The van der Waals surface area contributed by atoms with Crippen molar-refractivity contribution in [2.45, 2.75) is 12.6 Å². The summed E-state index contributed by atoms with van der Waals surface area (Å²) < 4.78 is 118. The first-order chi connectivity index (χ1) is 7.41. The second kappa shape index (κ2) is 7.65. The molecule has 0 unspecified atom stereocenters. The van der Waals surface area contributed by atoms with Gasteiger partial charge in [0.15, 0.2) is 0 Å². The van der Waals surface area contributed by atoms with Gasteiger partial charge in [0.05, 0.1) is 0 Å². The average Bonchev–Trinajstić information content (AvgIpc) is 1.64. The van der Waals surface area contributed by atoms with Crippen LogP contribution >= 0.6 is 0 Å². The molecule has 0 bridgehead atoms. The summed E-state index contributed by atoms with van der Waals surface area (Å²) in [6, 6.07) is 0. The third-order valence-corrected chi connectivity index (χ3v) is 1.47. The quantitative estimate of drug-likeness (QED) is 0.221. The summed E-state index contributed by atoms with van der Waals surface area (Å²) in [5.74, 6) is 0. The molecule has 0 atom stereocenters. The molecular formula is C2H4F6N2O6S2Zn. The Morgan fingerprint density at radius 2 is 0.842 bits per heavy atom.